The zero-order chi connectivity index (χ0) is 19.5. The molecule has 0 saturated carbocycles. The second-order valence-electron chi connectivity index (χ2n) is 7.70. The first-order chi connectivity index (χ1) is 13.6. The van der Waals surface area contributed by atoms with Gasteiger partial charge in [0.15, 0.2) is 0 Å². The summed E-state index contributed by atoms with van der Waals surface area (Å²) in [5.41, 5.74) is 1.19. The van der Waals surface area contributed by atoms with E-state index in [2.05, 4.69) is 39.1 Å². The molecule has 4 rings (SSSR count). The van der Waals surface area contributed by atoms with Gasteiger partial charge in [-0.3, -0.25) is 9.69 Å². The zero-order valence-electron chi connectivity index (χ0n) is 16.6. The van der Waals surface area contributed by atoms with Gasteiger partial charge in [0.2, 0.25) is 5.91 Å². The molecule has 0 N–H and O–H groups in total. The third-order valence-corrected chi connectivity index (χ3v) is 5.66. The molecule has 28 heavy (non-hydrogen) atoms. The lowest BCUT2D eigenvalue weighted by Gasteiger charge is -2.35. The second kappa shape index (κ2) is 8.28. The Kier molecular flexibility index (Phi) is 5.59. The highest BCUT2D eigenvalue weighted by molar-refractivity contribution is 5.79. The molecule has 3 heterocycles. The van der Waals surface area contributed by atoms with E-state index < -0.39 is 0 Å². The summed E-state index contributed by atoms with van der Waals surface area (Å²) in [6.07, 6.45) is 1.59. The average Bonchev–Trinajstić information content (AvgIpc) is 3.07. The summed E-state index contributed by atoms with van der Waals surface area (Å²) in [4.78, 5) is 24.2. The molecule has 0 bridgehead atoms. The van der Waals surface area contributed by atoms with E-state index >= 15 is 0 Å². The number of amides is 1. The lowest BCUT2D eigenvalue weighted by atomic mass is 10.1. The predicted octanol–water partition coefficient (Wildman–Crippen LogP) is 0.693. The number of benzene rings is 1. The van der Waals surface area contributed by atoms with Crippen molar-refractivity contribution in [3.8, 4) is 5.75 Å². The van der Waals surface area contributed by atoms with E-state index in [4.69, 9.17) is 4.74 Å². The number of carbonyl (C=O) groups excluding carboxylic acids is 1. The Hall–Kier alpha value is -2.45. The van der Waals surface area contributed by atoms with Crippen LogP contribution in [0, 0.1) is 5.92 Å². The minimum atomic E-state index is -0.107. The number of aromatic nitrogens is 3. The normalized spacial score (nSPS) is 21.2. The van der Waals surface area contributed by atoms with Crippen LogP contribution in [0.3, 0.4) is 0 Å². The monoisotopic (exact) mass is 384 g/mol. The molecule has 1 amide bonds. The van der Waals surface area contributed by atoms with Crippen molar-refractivity contribution >= 4 is 5.91 Å². The largest absolute Gasteiger partial charge is 0.497 e. The molecular formula is C20H28N6O2. The van der Waals surface area contributed by atoms with E-state index in [9.17, 15) is 4.79 Å². The van der Waals surface area contributed by atoms with E-state index in [0.29, 0.717) is 19.6 Å². The quantitative estimate of drug-likeness (QED) is 0.773. The molecule has 0 aliphatic carbocycles. The molecule has 1 fully saturated rings. The summed E-state index contributed by atoms with van der Waals surface area (Å²) in [5.74, 6) is 1.89. The van der Waals surface area contributed by atoms with E-state index in [0.717, 1.165) is 44.3 Å². The van der Waals surface area contributed by atoms with E-state index in [-0.39, 0.29) is 11.8 Å². The smallest absolute Gasteiger partial charge is 0.228 e. The fourth-order valence-electron chi connectivity index (χ4n) is 3.96. The first-order valence-corrected chi connectivity index (χ1v) is 9.81. The number of carbonyl (C=O) groups is 1. The SMILES string of the molecule is COc1ccc(CN2Cc3ncnn3CC(C(=O)N3CCN(C)CC3)C2)cc1. The molecule has 1 unspecified atom stereocenters. The number of piperazine rings is 1. The third-order valence-electron chi connectivity index (χ3n) is 5.66. The minimum Gasteiger partial charge on any atom is -0.497 e. The summed E-state index contributed by atoms with van der Waals surface area (Å²) >= 11 is 0. The van der Waals surface area contributed by atoms with Crippen LogP contribution in [0.2, 0.25) is 0 Å². The Bertz CT molecular complexity index is 797. The van der Waals surface area contributed by atoms with Gasteiger partial charge in [0.25, 0.3) is 0 Å². The minimum absolute atomic E-state index is 0.107. The molecule has 8 nitrogen and oxygen atoms in total. The number of methoxy groups -OCH3 is 1. The topological polar surface area (TPSA) is 66.7 Å². The first-order valence-electron chi connectivity index (χ1n) is 9.81. The maximum atomic E-state index is 13.2. The summed E-state index contributed by atoms with van der Waals surface area (Å²) in [6, 6.07) is 8.10. The third kappa shape index (κ3) is 4.18. The van der Waals surface area contributed by atoms with Gasteiger partial charge in [0, 0.05) is 39.3 Å². The van der Waals surface area contributed by atoms with Gasteiger partial charge >= 0.3 is 0 Å². The molecule has 2 aliphatic rings. The van der Waals surface area contributed by atoms with Crippen LogP contribution in [0.4, 0.5) is 0 Å². The first kappa shape index (κ1) is 18.9. The summed E-state index contributed by atoms with van der Waals surface area (Å²) < 4.78 is 7.15. The summed E-state index contributed by atoms with van der Waals surface area (Å²) in [7, 11) is 3.77. The summed E-state index contributed by atoms with van der Waals surface area (Å²) in [5, 5.41) is 4.35. The number of fused-ring (bicyclic) bond motifs is 1. The highest BCUT2D eigenvalue weighted by atomic mass is 16.5. The number of hydrogen-bond donors (Lipinski definition) is 0. The maximum absolute atomic E-state index is 13.2. The van der Waals surface area contributed by atoms with E-state index in [1.165, 1.54) is 5.56 Å². The van der Waals surface area contributed by atoms with Crippen molar-refractivity contribution in [2.75, 3.05) is 46.9 Å². The van der Waals surface area contributed by atoms with Crippen LogP contribution in [0.25, 0.3) is 0 Å². The zero-order valence-corrected chi connectivity index (χ0v) is 16.6. The number of likely N-dealkylation sites (N-methyl/N-ethyl adjacent to an activating group) is 1. The molecule has 0 radical (unpaired) electrons. The van der Waals surface area contributed by atoms with Crippen LogP contribution in [0.5, 0.6) is 5.75 Å². The van der Waals surface area contributed by atoms with Crippen LogP contribution >= 0.6 is 0 Å². The van der Waals surface area contributed by atoms with Crippen molar-refractivity contribution < 1.29 is 9.53 Å². The maximum Gasteiger partial charge on any atom is 0.228 e. The van der Waals surface area contributed by atoms with Gasteiger partial charge in [-0.2, -0.15) is 5.10 Å². The summed E-state index contributed by atoms with van der Waals surface area (Å²) in [6.45, 7) is 6.23. The highest BCUT2D eigenvalue weighted by Gasteiger charge is 2.32. The lowest BCUT2D eigenvalue weighted by Crippen LogP contribution is -2.50. The van der Waals surface area contributed by atoms with Crippen LogP contribution in [-0.2, 0) is 24.4 Å². The van der Waals surface area contributed by atoms with Crippen molar-refractivity contribution in [2.45, 2.75) is 19.6 Å². The fraction of sp³-hybridized carbons (Fsp3) is 0.550. The van der Waals surface area contributed by atoms with Crippen LogP contribution in [-0.4, -0.2) is 82.3 Å². The number of nitrogens with zero attached hydrogens (tertiary/aromatic N) is 6. The molecule has 1 aromatic carbocycles. The Balaban J connectivity index is 1.50. The van der Waals surface area contributed by atoms with Gasteiger partial charge in [-0.15, -0.1) is 0 Å². The molecule has 2 aromatic rings. The number of hydrogen-bond acceptors (Lipinski definition) is 6. The van der Waals surface area contributed by atoms with Gasteiger partial charge in [0.1, 0.15) is 17.9 Å². The molecule has 1 aromatic heterocycles. The van der Waals surface area contributed by atoms with Crippen molar-refractivity contribution in [3.05, 3.63) is 42.0 Å². The van der Waals surface area contributed by atoms with Crippen molar-refractivity contribution in [1.82, 2.24) is 29.5 Å². The molecule has 2 aliphatic heterocycles. The van der Waals surface area contributed by atoms with Gasteiger partial charge < -0.3 is 14.5 Å². The van der Waals surface area contributed by atoms with E-state index in [1.807, 2.05) is 21.7 Å². The Morgan fingerprint density at radius 2 is 1.89 bits per heavy atom. The van der Waals surface area contributed by atoms with Gasteiger partial charge in [-0.05, 0) is 24.7 Å². The van der Waals surface area contributed by atoms with Crippen molar-refractivity contribution in [3.63, 3.8) is 0 Å². The van der Waals surface area contributed by atoms with Crippen LogP contribution < -0.4 is 4.74 Å². The molecule has 1 atom stereocenters. The molecule has 1 saturated heterocycles. The molecule has 0 spiro atoms. The van der Waals surface area contributed by atoms with Crippen LogP contribution in [0.15, 0.2) is 30.6 Å². The lowest BCUT2D eigenvalue weighted by molar-refractivity contribution is -0.138. The standard InChI is InChI=1S/C20H28N6O2/c1-23-7-9-25(10-8-23)20(27)17-12-24(14-19-21-15-22-26(19)13-17)11-16-3-5-18(28-2)6-4-16/h3-6,15,17H,7-14H2,1-2H3. The Labute approximate surface area is 165 Å². The van der Waals surface area contributed by atoms with Crippen molar-refractivity contribution in [1.29, 1.82) is 0 Å². The van der Waals surface area contributed by atoms with Crippen molar-refractivity contribution in [2.24, 2.45) is 5.92 Å². The highest BCUT2D eigenvalue weighted by Crippen LogP contribution is 2.20. The predicted molar refractivity (Wildman–Crippen MR) is 105 cm³/mol. The van der Waals surface area contributed by atoms with Gasteiger partial charge in [-0.25, -0.2) is 9.67 Å². The average molecular weight is 384 g/mol. The molecule has 8 heteroatoms. The van der Waals surface area contributed by atoms with Gasteiger partial charge in [-0.1, -0.05) is 12.1 Å². The Morgan fingerprint density at radius 1 is 1.14 bits per heavy atom. The van der Waals surface area contributed by atoms with E-state index in [1.54, 1.807) is 13.4 Å². The molecule has 150 valence electrons. The molecular weight excluding hydrogens is 356 g/mol. The van der Waals surface area contributed by atoms with Crippen LogP contribution in [0.1, 0.15) is 11.4 Å². The van der Waals surface area contributed by atoms with Gasteiger partial charge in [0.05, 0.1) is 26.1 Å². The Morgan fingerprint density at radius 3 is 2.61 bits per heavy atom. The second-order valence-corrected chi connectivity index (χ2v) is 7.70. The number of ether oxygens (including phenoxy) is 1. The fourth-order valence-corrected chi connectivity index (χ4v) is 3.96. The number of rotatable bonds is 4.